The van der Waals surface area contributed by atoms with Crippen molar-refractivity contribution < 1.29 is 14.8 Å². The monoisotopic (exact) mass is 292 g/mol. The fraction of sp³-hybridized carbons (Fsp3) is 0.600. The Morgan fingerprint density at radius 1 is 1.57 bits per heavy atom. The third-order valence-corrected chi connectivity index (χ3v) is 4.57. The van der Waals surface area contributed by atoms with E-state index in [9.17, 15) is 20.0 Å². The second-order valence-corrected chi connectivity index (χ2v) is 6.23. The molecule has 1 aliphatic rings. The van der Waals surface area contributed by atoms with Crippen LogP contribution < -0.4 is 0 Å². The molecule has 6 nitrogen and oxygen atoms in total. The van der Waals surface area contributed by atoms with Gasteiger partial charge in [-0.15, -0.1) is 0 Å². The van der Waals surface area contributed by atoms with Crippen LogP contribution in [-0.2, 0) is 11.2 Å². The average Bonchev–Trinajstić information content (AvgIpc) is 2.75. The summed E-state index contributed by atoms with van der Waals surface area (Å²) in [6.45, 7) is 5.34. The van der Waals surface area contributed by atoms with Crippen LogP contribution in [0.1, 0.15) is 43.0 Å². The maximum atomic E-state index is 11.7. The van der Waals surface area contributed by atoms with Crippen LogP contribution in [0.5, 0.6) is 0 Å². The predicted octanol–water partition coefficient (Wildman–Crippen LogP) is 3.04. The van der Waals surface area contributed by atoms with Gasteiger partial charge in [-0.2, -0.15) is 0 Å². The Labute approximate surface area is 123 Å². The van der Waals surface area contributed by atoms with E-state index in [1.54, 1.807) is 13.8 Å². The molecule has 1 aromatic heterocycles. The highest BCUT2D eigenvalue weighted by Crippen LogP contribution is 2.45. The van der Waals surface area contributed by atoms with Crippen LogP contribution in [0.15, 0.2) is 6.20 Å². The van der Waals surface area contributed by atoms with Gasteiger partial charge in [0.15, 0.2) is 0 Å². The van der Waals surface area contributed by atoms with Crippen LogP contribution >= 0.6 is 0 Å². The van der Waals surface area contributed by atoms with E-state index < -0.39 is 16.3 Å². The quantitative estimate of drug-likeness (QED) is 0.680. The SMILES string of the molecule is Cc1cnc(CC2(C(=O)O)CCC(C)C2)c(C)c1[N+](=O)[O-]. The molecule has 6 heteroatoms. The van der Waals surface area contributed by atoms with Crippen molar-refractivity contribution >= 4 is 11.7 Å². The zero-order valence-corrected chi connectivity index (χ0v) is 12.5. The van der Waals surface area contributed by atoms with Gasteiger partial charge in [-0.3, -0.25) is 19.9 Å². The van der Waals surface area contributed by atoms with Crippen molar-refractivity contribution in [1.82, 2.24) is 4.98 Å². The molecule has 21 heavy (non-hydrogen) atoms. The largest absolute Gasteiger partial charge is 0.481 e. The summed E-state index contributed by atoms with van der Waals surface area (Å²) >= 11 is 0. The Morgan fingerprint density at radius 2 is 2.24 bits per heavy atom. The van der Waals surface area contributed by atoms with E-state index in [1.807, 2.05) is 6.92 Å². The highest BCUT2D eigenvalue weighted by Gasteiger charge is 2.45. The zero-order chi connectivity index (χ0) is 15.8. The second-order valence-electron chi connectivity index (χ2n) is 6.23. The summed E-state index contributed by atoms with van der Waals surface area (Å²) in [4.78, 5) is 26.7. The number of carbonyl (C=O) groups is 1. The summed E-state index contributed by atoms with van der Waals surface area (Å²) in [7, 11) is 0. The minimum atomic E-state index is -0.833. The fourth-order valence-electron chi connectivity index (χ4n) is 3.37. The van der Waals surface area contributed by atoms with Gasteiger partial charge in [-0.1, -0.05) is 6.92 Å². The number of pyridine rings is 1. The van der Waals surface area contributed by atoms with Gasteiger partial charge < -0.3 is 5.11 Å². The molecule has 1 aromatic rings. The van der Waals surface area contributed by atoms with E-state index in [4.69, 9.17) is 0 Å². The standard InChI is InChI=1S/C15H20N2O4/c1-9-4-5-15(6-9,14(18)19)7-12-11(3)13(17(20)21)10(2)8-16-12/h8-9H,4-7H2,1-3H3,(H,18,19). The Kier molecular flexibility index (Phi) is 3.98. The lowest BCUT2D eigenvalue weighted by atomic mass is 9.80. The minimum absolute atomic E-state index is 0.0478. The third kappa shape index (κ3) is 2.75. The number of nitrogens with zero attached hydrogens (tertiary/aromatic N) is 2. The Balaban J connectivity index is 2.41. The van der Waals surface area contributed by atoms with Gasteiger partial charge in [0.05, 0.1) is 16.0 Å². The highest BCUT2D eigenvalue weighted by molar-refractivity contribution is 5.75. The Morgan fingerprint density at radius 3 is 2.71 bits per heavy atom. The first-order valence-electron chi connectivity index (χ1n) is 7.10. The van der Waals surface area contributed by atoms with Crippen LogP contribution in [0.25, 0.3) is 0 Å². The molecule has 1 N–H and O–H groups in total. The van der Waals surface area contributed by atoms with E-state index in [-0.39, 0.29) is 12.1 Å². The van der Waals surface area contributed by atoms with E-state index in [0.29, 0.717) is 35.6 Å². The highest BCUT2D eigenvalue weighted by atomic mass is 16.6. The molecule has 1 saturated carbocycles. The van der Waals surface area contributed by atoms with Crippen LogP contribution in [-0.4, -0.2) is 21.0 Å². The summed E-state index contributed by atoms with van der Waals surface area (Å²) in [6, 6.07) is 0. The number of aryl methyl sites for hydroxylation is 1. The van der Waals surface area contributed by atoms with Gasteiger partial charge in [-0.05, 0) is 39.0 Å². The molecule has 0 spiro atoms. The Hall–Kier alpha value is -1.98. The van der Waals surface area contributed by atoms with Gasteiger partial charge in [0.1, 0.15) is 0 Å². The molecule has 0 saturated heterocycles. The van der Waals surface area contributed by atoms with E-state index in [0.717, 1.165) is 6.42 Å². The number of carboxylic acids is 1. The van der Waals surface area contributed by atoms with Crippen molar-refractivity contribution in [3.8, 4) is 0 Å². The van der Waals surface area contributed by atoms with Crippen molar-refractivity contribution in [2.45, 2.75) is 46.5 Å². The van der Waals surface area contributed by atoms with E-state index >= 15 is 0 Å². The number of rotatable bonds is 4. The van der Waals surface area contributed by atoms with Crippen LogP contribution in [0, 0.1) is 35.3 Å². The van der Waals surface area contributed by atoms with Crippen molar-refractivity contribution in [2.24, 2.45) is 11.3 Å². The Bertz CT molecular complexity index is 600. The number of aromatic nitrogens is 1. The molecule has 2 unspecified atom stereocenters. The molecule has 1 fully saturated rings. The molecular formula is C15H20N2O4. The van der Waals surface area contributed by atoms with Crippen LogP contribution in [0.2, 0.25) is 0 Å². The first kappa shape index (κ1) is 15.4. The van der Waals surface area contributed by atoms with Gasteiger partial charge in [0.2, 0.25) is 0 Å². The molecule has 0 aromatic carbocycles. The van der Waals surface area contributed by atoms with Crippen molar-refractivity contribution in [1.29, 1.82) is 0 Å². The molecule has 0 amide bonds. The number of nitro groups is 1. The number of aliphatic carboxylic acids is 1. The zero-order valence-electron chi connectivity index (χ0n) is 12.5. The molecule has 2 atom stereocenters. The molecule has 0 radical (unpaired) electrons. The molecular weight excluding hydrogens is 272 g/mol. The third-order valence-electron chi connectivity index (χ3n) is 4.57. The van der Waals surface area contributed by atoms with Crippen molar-refractivity contribution in [3.05, 3.63) is 33.1 Å². The lowest BCUT2D eigenvalue weighted by Gasteiger charge is -2.24. The predicted molar refractivity (Wildman–Crippen MR) is 77.2 cm³/mol. The summed E-state index contributed by atoms with van der Waals surface area (Å²) in [6.07, 6.45) is 3.81. The lowest BCUT2D eigenvalue weighted by molar-refractivity contribution is -0.386. The maximum absolute atomic E-state index is 11.7. The van der Waals surface area contributed by atoms with Crippen molar-refractivity contribution in [3.63, 3.8) is 0 Å². The van der Waals surface area contributed by atoms with E-state index in [2.05, 4.69) is 4.98 Å². The fourth-order valence-corrected chi connectivity index (χ4v) is 3.37. The normalized spacial score (nSPS) is 25.0. The lowest BCUT2D eigenvalue weighted by Crippen LogP contribution is -2.31. The molecule has 1 aliphatic carbocycles. The van der Waals surface area contributed by atoms with Gasteiger partial charge in [0.25, 0.3) is 5.69 Å². The second kappa shape index (κ2) is 5.42. The maximum Gasteiger partial charge on any atom is 0.310 e. The summed E-state index contributed by atoms with van der Waals surface area (Å²) < 4.78 is 0. The van der Waals surface area contributed by atoms with Crippen molar-refractivity contribution in [2.75, 3.05) is 0 Å². The molecule has 1 heterocycles. The smallest absolute Gasteiger partial charge is 0.310 e. The number of hydrogen-bond donors (Lipinski definition) is 1. The van der Waals surface area contributed by atoms with Gasteiger partial charge in [-0.25, -0.2) is 0 Å². The summed E-state index contributed by atoms with van der Waals surface area (Å²) in [5, 5.41) is 20.8. The minimum Gasteiger partial charge on any atom is -0.481 e. The van der Waals surface area contributed by atoms with Gasteiger partial charge >= 0.3 is 5.97 Å². The van der Waals surface area contributed by atoms with Crippen LogP contribution in [0.4, 0.5) is 5.69 Å². The first-order valence-corrected chi connectivity index (χ1v) is 7.10. The summed E-state index contributed by atoms with van der Waals surface area (Å²) in [5.41, 5.74) is 0.737. The number of hydrogen-bond acceptors (Lipinski definition) is 4. The average molecular weight is 292 g/mol. The summed E-state index contributed by atoms with van der Waals surface area (Å²) in [5.74, 6) is -0.460. The number of carboxylic acid groups (broad SMARTS) is 1. The molecule has 114 valence electrons. The molecule has 2 rings (SSSR count). The van der Waals surface area contributed by atoms with Crippen LogP contribution in [0.3, 0.4) is 0 Å². The first-order chi connectivity index (χ1) is 9.77. The van der Waals surface area contributed by atoms with Gasteiger partial charge in [0, 0.05) is 23.7 Å². The molecule has 0 bridgehead atoms. The topological polar surface area (TPSA) is 93.3 Å². The molecule has 0 aliphatic heterocycles. The van der Waals surface area contributed by atoms with E-state index in [1.165, 1.54) is 6.20 Å².